The highest BCUT2D eigenvalue weighted by atomic mass is 35.5. The molecule has 2 aromatic rings. The molecule has 1 aromatic carbocycles. The van der Waals surface area contributed by atoms with Crippen molar-refractivity contribution in [3.63, 3.8) is 0 Å². The minimum absolute atomic E-state index is 0.0641. The Hall–Kier alpha value is -2.21. The van der Waals surface area contributed by atoms with Gasteiger partial charge in [0, 0.05) is 6.42 Å². The zero-order valence-corrected chi connectivity index (χ0v) is 12.1. The monoisotopic (exact) mass is 305 g/mol. The van der Waals surface area contributed by atoms with Crippen molar-refractivity contribution in [1.29, 1.82) is 0 Å². The summed E-state index contributed by atoms with van der Waals surface area (Å²) in [6.45, 7) is 2.07. The van der Waals surface area contributed by atoms with Gasteiger partial charge in [0.05, 0.1) is 16.3 Å². The first-order valence-corrected chi connectivity index (χ1v) is 6.95. The highest BCUT2D eigenvalue weighted by Gasteiger charge is 2.38. The van der Waals surface area contributed by atoms with Crippen molar-refractivity contribution in [1.82, 2.24) is 10.1 Å². The maximum atomic E-state index is 12.1. The summed E-state index contributed by atoms with van der Waals surface area (Å²) in [6.07, 6.45) is 1.61. The van der Waals surface area contributed by atoms with Gasteiger partial charge in [-0.1, -0.05) is 29.7 Å². The van der Waals surface area contributed by atoms with Crippen molar-refractivity contribution in [3.05, 3.63) is 40.5 Å². The third-order valence-electron chi connectivity index (χ3n) is 3.23. The number of Topliss-reactive ketones (excluding diaryl/α,β-unsaturated/α-hetero) is 1. The Labute approximate surface area is 125 Å². The summed E-state index contributed by atoms with van der Waals surface area (Å²) in [7, 11) is 0. The smallest absolute Gasteiger partial charge is 0.300 e. The summed E-state index contributed by atoms with van der Waals surface area (Å²) in [6, 6.07) is 4.95. The van der Waals surface area contributed by atoms with Gasteiger partial charge in [-0.25, -0.2) is 0 Å². The van der Waals surface area contributed by atoms with Crippen LogP contribution >= 0.6 is 11.6 Å². The zero-order chi connectivity index (χ0) is 15.0. The third kappa shape index (κ3) is 2.31. The van der Waals surface area contributed by atoms with Gasteiger partial charge in [-0.05, 0) is 18.6 Å². The molecule has 7 heteroatoms. The van der Waals surface area contributed by atoms with Crippen molar-refractivity contribution < 1.29 is 14.1 Å². The second kappa shape index (κ2) is 5.29. The molecule has 21 heavy (non-hydrogen) atoms. The summed E-state index contributed by atoms with van der Waals surface area (Å²) in [5, 5.41) is 4.10. The lowest BCUT2D eigenvalue weighted by Gasteiger charge is -2.13. The van der Waals surface area contributed by atoms with Crippen molar-refractivity contribution in [3.8, 4) is 0 Å². The molecule has 0 saturated heterocycles. The van der Waals surface area contributed by atoms with E-state index in [0.717, 1.165) is 6.42 Å². The molecule has 0 unspecified atom stereocenters. The van der Waals surface area contributed by atoms with Crippen LogP contribution in [0, 0.1) is 0 Å². The molecule has 0 atom stereocenters. The van der Waals surface area contributed by atoms with Gasteiger partial charge in [-0.3, -0.25) is 14.5 Å². The molecule has 0 spiro atoms. The van der Waals surface area contributed by atoms with E-state index in [1.165, 1.54) is 4.90 Å². The Morgan fingerprint density at radius 2 is 2.14 bits per heavy atom. The number of nitrogens with zero attached hydrogens (tertiary/aromatic N) is 3. The summed E-state index contributed by atoms with van der Waals surface area (Å²) in [5.41, 5.74) is 0.713. The summed E-state index contributed by atoms with van der Waals surface area (Å²) in [4.78, 5) is 29.6. The lowest BCUT2D eigenvalue weighted by molar-refractivity contribution is -0.114. The Morgan fingerprint density at radius 3 is 2.90 bits per heavy atom. The first kappa shape index (κ1) is 13.8. The van der Waals surface area contributed by atoms with Gasteiger partial charge in [0.2, 0.25) is 5.89 Å². The number of hydrogen-bond donors (Lipinski definition) is 0. The molecule has 108 valence electrons. The van der Waals surface area contributed by atoms with Gasteiger partial charge in [0.15, 0.2) is 5.82 Å². The van der Waals surface area contributed by atoms with Gasteiger partial charge >= 0.3 is 0 Å². The fourth-order valence-corrected chi connectivity index (χ4v) is 2.53. The van der Waals surface area contributed by atoms with Crippen LogP contribution in [-0.4, -0.2) is 21.8 Å². The van der Waals surface area contributed by atoms with Crippen molar-refractivity contribution in [2.75, 3.05) is 4.90 Å². The SMILES string of the molecule is CCCc1noc(CN2C(=O)C(=O)c3c(Cl)cccc32)n1. The van der Waals surface area contributed by atoms with Crippen molar-refractivity contribution >= 4 is 29.0 Å². The highest BCUT2D eigenvalue weighted by molar-refractivity contribution is 6.55. The normalized spacial score (nSPS) is 13.9. The fourth-order valence-electron chi connectivity index (χ4n) is 2.27. The number of fused-ring (bicyclic) bond motifs is 1. The van der Waals surface area contributed by atoms with Crippen LogP contribution < -0.4 is 4.90 Å². The number of aromatic nitrogens is 2. The second-order valence-electron chi connectivity index (χ2n) is 4.71. The van der Waals surface area contributed by atoms with Crippen LogP contribution in [0.25, 0.3) is 0 Å². The fraction of sp³-hybridized carbons (Fsp3) is 0.286. The largest absolute Gasteiger partial charge is 0.337 e. The topological polar surface area (TPSA) is 76.3 Å². The average molecular weight is 306 g/mol. The average Bonchev–Trinajstić information content (AvgIpc) is 2.99. The van der Waals surface area contributed by atoms with Crippen LogP contribution in [0.5, 0.6) is 0 Å². The minimum atomic E-state index is -0.631. The summed E-state index contributed by atoms with van der Waals surface area (Å²) < 4.78 is 5.11. The van der Waals surface area contributed by atoms with Gasteiger partial charge in [-0.15, -0.1) is 0 Å². The van der Waals surface area contributed by atoms with Crippen LogP contribution in [0.1, 0.15) is 35.4 Å². The van der Waals surface area contributed by atoms with Gasteiger partial charge < -0.3 is 4.52 Å². The molecule has 0 radical (unpaired) electrons. The zero-order valence-electron chi connectivity index (χ0n) is 11.3. The molecule has 6 nitrogen and oxygen atoms in total. The lowest BCUT2D eigenvalue weighted by Crippen LogP contribution is -2.29. The van der Waals surface area contributed by atoms with Gasteiger partial charge in [0.1, 0.15) is 6.54 Å². The predicted octanol–water partition coefficient (Wildman–Crippen LogP) is 2.41. The van der Waals surface area contributed by atoms with E-state index in [-0.39, 0.29) is 17.1 Å². The Bertz CT molecular complexity index is 726. The molecule has 0 N–H and O–H groups in total. The quantitative estimate of drug-likeness (QED) is 0.811. The van der Waals surface area contributed by atoms with Crippen LogP contribution in [0.15, 0.2) is 22.7 Å². The summed E-state index contributed by atoms with van der Waals surface area (Å²) in [5.74, 6) is -0.346. The molecule has 1 aliphatic rings. The van der Waals surface area contributed by atoms with Crippen LogP contribution in [-0.2, 0) is 17.8 Å². The predicted molar refractivity (Wildman–Crippen MR) is 75.3 cm³/mol. The molecule has 0 bridgehead atoms. The second-order valence-corrected chi connectivity index (χ2v) is 5.12. The Balaban J connectivity index is 1.91. The number of anilines is 1. The van der Waals surface area contributed by atoms with Gasteiger partial charge in [-0.2, -0.15) is 4.98 Å². The molecule has 1 aromatic heterocycles. The van der Waals surface area contributed by atoms with Crippen LogP contribution in [0.3, 0.4) is 0 Å². The van der Waals surface area contributed by atoms with E-state index in [9.17, 15) is 9.59 Å². The highest BCUT2D eigenvalue weighted by Crippen LogP contribution is 2.34. The minimum Gasteiger partial charge on any atom is -0.337 e. The van der Waals surface area contributed by atoms with E-state index in [1.54, 1.807) is 18.2 Å². The maximum Gasteiger partial charge on any atom is 0.300 e. The molecule has 0 fully saturated rings. The molecule has 2 heterocycles. The van der Waals surface area contributed by atoms with E-state index in [2.05, 4.69) is 10.1 Å². The number of amides is 1. The molecule has 0 aliphatic carbocycles. The number of benzene rings is 1. The number of rotatable bonds is 4. The molecule has 1 amide bonds. The first-order chi connectivity index (χ1) is 10.1. The van der Waals surface area contributed by atoms with Crippen LogP contribution in [0.4, 0.5) is 5.69 Å². The third-order valence-corrected chi connectivity index (χ3v) is 3.54. The number of carbonyl (C=O) groups is 2. The van der Waals surface area contributed by atoms with E-state index >= 15 is 0 Å². The van der Waals surface area contributed by atoms with Crippen LogP contribution in [0.2, 0.25) is 5.02 Å². The molecule has 1 aliphatic heterocycles. The number of aryl methyl sites for hydroxylation is 1. The van der Waals surface area contributed by atoms with Crippen molar-refractivity contribution in [2.45, 2.75) is 26.3 Å². The Morgan fingerprint density at radius 1 is 1.33 bits per heavy atom. The van der Waals surface area contributed by atoms with E-state index in [4.69, 9.17) is 16.1 Å². The summed E-state index contributed by atoms with van der Waals surface area (Å²) >= 11 is 5.99. The molecular weight excluding hydrogens is 294 g/mol. The first-order valence-electron chi connectivity index (χ1n) is 6.58. The molecule has 0 saturated carbocycles. The lowest BCUT2D eigenvalue weighted by atomic mass is 10.1. The Kier molecular flexibility index (Phi) is 3.47. The van der Waals surface area contributed by atoms with E-state index < -0.39 is 11.7 Å². The number of carbonyl (C=O) groups excluding carboxylic acids is 2. The van der Waals surface area contributed by atoms with E-state index in [1.807, 2.05) is 6.92 Å². The standard InChI is InChI=1S/C14H12ClN3O3/c1-2-4-10-16-11(21-17-10)7-18-9-6-3-5-8(15)12(9)13(19)14(18)20/h3,5-6H,2,4,7H2,1H3. The van der Waals surface area contributed by atoms with Crippen molar-refractivity contribution in [2.24, 2.45) is 0 Å². The maximum absolute atomic E-state index is 12.1. The van der Waals surface area contributed by atoms with Gasteiger partial charge in [0.25, 0.3) is 11.7 Å². The number of ketones is 1. The molecular formula is C14H12ClN3O3. The number of hydrogen-bond acceptors (Lipinski definition) is 5. The number of halogens is 1. The van der Waals surface area contributed by atoms with E-state index in [0.29, 0.717) is 23.8 Å². The molecule has 3 rings (SSSR count).